The van der Waals surface area contributed by atoms with Gasteiger partial charge in [-0.05, 0) is 42.5 Å². The zero-order valence-corrected chi connectivity index (χ0v) is 22.7. The molecule has 2 heterocycles. The first kappa shape index (κ1) is 24.8. The number of benzene rings is 3. The minimum absolute atomic E-state index is 0.242. The van der Waals surface area contributed by atoms with E-state index >= 15 is 0 Å². The van der Waals surface area contributed by atoms with Gasteiger partial charge in [0.2, 0.25) is 10.0 Å². The van der Waals surface area contributed by atoms with E-state index in [-0.39, 0.29) is 4.90 Å². The fraction of sp³-hybridized carbons (Fsp3) is 0.231. The second-order valence-electron chi connectivity index (χ2n) is 8.01. The Morgan fingerprint density at radius 1 is 0.972 bits per heavy atom. The Bertz CT molecular complexity index is 1610. The number of nitrogens with zero attached hydrogens (tertiary/aromatic N) is 4. The summed E-state index contributed by atoms with van der Waals surface area (Å²) in [7, 11) is -1.96. The Morgan fingerprint density at radius 3 is 2.47 bits per heavy atom. The third-order valence-corrected chi connectivity index (χ3v) is 10.1. The Balaban J connectivity index is 1.61. The fourth-order valence-corrected chi connectivity index (χ4v) is 7.62. The van der Waals surface area contributed by atoms with E-state index < -0.39 is 10.0 Å². The van der Waals surface area contributed by atoms with E-state index in [9.17, 15) is 8.42 Å². The van der Waals surface area contributed by atoms with E-state index in [4.69, 9.17) is 14.7 Å². The second kappa shape index (κ2) is 10.2. The standard InChI is InChI=1S/C26H26N4O3S3/c1-4-29(5-2)36(31,32)18-14-15-21-20(16-18)28-26(30(21)22-11-7-8-12-23(22)33-3)34-17-25-27-19-10-6-9-13-24(19)35-25/h6-16H,4-5,17H2,1-3H3. The third-order valence-electron chi connectivity index (χ3n) is 5.93. The monoisotopic (exact) mass is 538 g/mol. The average Bonchev–Trinajstić information content (AvgIpc) is 3.48. The molecule has 0 fully saturated rings. The lowest BCUT2D eigenvalue weighted by atomic mass is 10.2. The van der Waals surface area contributed by atoms with Crippen LogP contribution in [0.2, 0.25) is 0 Å². The summed E-state index contributed by atoms with van der Waals surface area (Å²) in [5, 5.41) is 1.75. The number of sulfonamides is 1. The van der Waals surface area contributed by atoms with Gasteiger partial charge in [0, 0.05) is 13.1 Å². The molecule has 0 aliphatic heterocycles. The van der Waals surface area contributed by atoms with E-state index in [0.717, 1.165) is 31.6 Å². The smallest absolute Gasteiger partial charge is 0.243 e. The maximum absolute atomic E-state index is 13.2. The summed E-state index contributed by atoms with van der Waals surface area (Å²) >= 11 is 3.24. The number of imidazole rings is 1. The maximum Gasteiger partial charge on any atom is 0.243 e. The van der Waals surface area contributed by atoms with Gasteiger partial charge in [0.15, 0.2) is 5.16 Å². The van der Waals surface area contributed by atoms with Crippen molar-refractivity contribution in [2.75, 3.05) is 20.2 Å². The molecule has 0 unspecified atom stereocenters. The number of hydrogen-bond acceptors (Lipinski definition) is 7. The van der Waals surface area contributed by atoms with Crippen molar-refractivity contribution in [2.45, 2.75) is 29.7 Å². The van der Waals surface area contributed by atoms with E-state index in [1.165, 1.54) is 4.31 Å². The van der Waals surface area contributed by atoms with Crippen LogP contribution < -0.4 is 4.74 Å². The molecule has 0 aliphatic carbocycles. The SMILES string of the molecule is CCN(CC)S(=O)(=O)c1ccc2c(c1)nc(SCc1nc3ccccc3s1)n2-c1ccccc1OC. The number of thioether (sulfide) groups is 1. The summed E-state index contributed by atoms with van der Waals surface area (Å²) in [6, 6.07) is 21.0. The summed E-state index contributed by atoms with van der Waals surface area (Å²) in [5.41, 5.74) is 3.25. The van der Waals surface area contributed by atoms with Gasteiger partial charge in [-0.2, -0.15) is 4.31 Å². The highest BCUT2D eigenvalue weighted by Gasteiger charge is 2.24. The van der Waals surface area contributed by atoms with Crippen molar-refractivity contribution < 1.29 is 13.2 Å². The van der Waals surface area contributed by atoms with Gasteiger partial charge in [-0.1, -0.05) is 49.9 Å². The first-order valence-corrected chi connectivity index (χ1v) is 14.8. The topological polar surface area (TPSA) is 77.3 Å². The van der Waals surface area contributed by atoms with Gasteiger partial charge in [0.25, 0.3) is 0 Å². The number of ether oxygens (including phenoxy) is 1. The Hall–Kier alpha value is -2.92. The molecule has 0 atom stereocenters. The van der Waals surface area contributed by atoms with Gasteiger partial charge in [-0.25, -0.2) is 18.4 Å². The first-order valence-electron chi connectivity index (χ1n) is 11.6. The summed E-state index contributed by atoms with van der Waals surface area (Å²) in [6.07, 6.45) is 0. The lowest BCUT2D eigenvalue weighted by Gasteiger charge is -2.18. The minimum Gasteiger partial charge on any atom is -0.495 e. The highest BCUT2D eigenvalue weighted by atomic mass is 32.2. The van der Waals surface area contributed by atoms with E-state index in [0.29, 0.717) is 30.1 Å². The molecule has 0 bridgehead atoms. The minimum atomic E-state index is -3.60. The molecule has 186 valence electrons. The predicted octanol–water partition coefficient (Wildman–Crippen LogP) is 5.97. The van der Waals surface area contributed by atoms with Gasteiger partial charge in [0.1, 0.15) is 10.8 Å². The van der Waals surface area contributed by atoms with Crippen LogP contribution >= 0.6 is 23.1 Å². The second-order valence-corrected chi connectivity index (χ2v) is 12.0. The van der Waals surface area contributed by atoms with Crippen molar-refractivity contribution in [3.05, 3.63) is 71.7 Å². The quantitative estimate of drug-likeness (QED) is 0.215. The van der Waals surface area contributed by atoms with Crippen LogP contribution in [0.25, 0.3) is 26.9 Å². The molecular formula is C26H26N4O3S3. The van der Waals surface area contributed by atoms with Crippen LogP contribution in [0.15, 0.2) is 76.8 Å². The molecule has 3 aromatic carbocycles. The summed E-state index contributed by atoms with van der Waals surface area (Å²) in [4.78, 5) is 9.88. The molecule has 5 rings (SSSR count). The molecule has 0 saturated heterocycles. The Morgan fingerprint density at radius 2 is 1.72 bits per heavy atom. The molecule has 7 nitrogen and oxygen atoms in total. The number of methoxy groups -OCH3 is 1. The van der Waals surface area contributed by atoms with Gasteiger partial charge < -0.3 is 4.74 Å². The molecule has 5 aromatic rings. The molecule has 36 heavy (non-hydrogen) atoms. The number of rotatable bonds is 9. The Labute approximate surface area is 218 Å². The number of aromatic nitrogens is 3. The summed E-state index contributed by atoms with van der Waals surface area (Å²) in [6.45, 7) is 4.51. The lowest BCUT2D eigenvalue weighted by Crippen LogP contribution is -2.30. The number of hydrogen-bond donors (Lipinski definition) is 0. The third kappa shape index (κ3) is 4.50. The van der Waals surface area contributed by atoms with Crippen LogP contribution in [0.1, 0.15) is 18.9 Å². The molecule has 10 heteroatoms. The van der Waals surface area contributed by atoms with Crippen molar-refractivity contribution in [1.82, 2.24) is 18.8 Å². The molecular weight excluding hydrogens is 513 g/mol. The van der Waals surface area contributed by atoms with Crippen LogP contribution in [-0.2, 0) is 15.8 Å². The molecule has 0 spiro atoms. The van der Waals surface area contributed by atoms with Crippen molar-refractivity contribution in [3.63, 3.8) is 0 Å². The molecule has 0 N–H and O–H groups in total. The number of thiazole rings is 1. The predicted molar refractivity (Wildman–Crippen MR) is 147 cm³/mol. The molecule has 0 saturated carbocycles. The summed E-state index contributed by atoms with van der Waals surface area (Å²) < 4.78 is 36.6. The fourth-order valence-electron chi connectivity index (χ4n) is 4.16. The molecule has 0 aliphatic rings. The molecule has 2 aromatic heterocycles. The lowest BCUT2D eigenvalue weighted by molar-refractivity contribution is 0.412. The van der Waals surface area contributed by atoms with Crippen molar-refractivity contribution >= 4 is 54.4 Å². The zero-order valence-electron chi connectivity index (χ0n) is 20.2. The van der Waals surface area contributed by atoms with Crippen LogP contribution in [0.5, 0.6) is 5.75 Å². The van der Waals surface area contributed by atoms with Crippen LogP contribution in [-0.4, -0.2) is 47.5 Å². The van der Waals surface area contributed by atoms with Gasteiger partial charge >= 0.3 is 0 Å². The Kier molecular flexibility index (Phi) is 7.03. The van der Waals surface area contributed by atoms with E-state index in [2.05, 4.69) is 6.07 Å². The van der Waals surface area contributed by atoms with Crippen LogP contribution in [0, 0.1) is 0 Å². The largest absolute Gasteiger partial charge is 0.495 e. The number of fused-ring (bicyclic) bond motifs is 2. The van der Waals surface area contributed by atoms with Crippen molar-refractivity contribution in [2.24, 2.45) is 0 Å². The average molecular weight is 539 g/mol. The van der Waals surface area contributed by atoms with Gasteiger partial charge in [-0.15, -0.1) is 11.3 Å². The van der Waals surface area contributed by atoms with Crippen molar-refractivity contribution in [1.29, 1.82) is 0 Å². The molecule has 0 amide bonds. The number of para-hydroxylation sites is 3. The van der Waals surface area contributed by atoms with Crippen molar-refractivity contribution in [3.8, 4) is 11.4 Å². The van der Waals surface area contributed by atoms with Crippen LogP contribution in [0.4, 0.5) is 0 Å². The van der Waals surface area contributed by atoms with E-state index in [1.54, 1.807) is 42.3 Å². The van der Waals surface area contributed by atoms with Crippen LogP contribution in [0.3, 0.4) is 0 Å². The summed E-state index contributed by atoms with van der Waals surface area (Å²) in [5.74, 6) is 1.35. The first-order chi connectivity index (χ1) is 17.5. The highest BCUT2D eigenvalue weighted by Crippen LogP contribution is 2.36. The van der Waals surface area contributed by atoms with E-state index in [1.807, 2.05) is 66.9 Å². The highest BCUT2D eigenvalue weighted by molar-refractivity contribution is 7.98. The zero-order chi connectivity index (χ0) is 25.3. The van der Waals surface area contributed by atoms with Gasteiger partial charge in [-0.3, -0.25) is 4.57 Å². The van der Waals surface area contributed by atoms with Gasteiger partial charge in [0.05, 0.1) is 44.7 Å². The molecule has 0 radical (unpaired) electrons. The normalized spacial score (nSPS) is 12.1. The maximum atomic E-state index is 13.2.